The van der Waals surface area contributed by atoms with Gasteiger partial charge >= 0.3 is 20.5 Å². The molecule has 0 radical (unpaired) electrons. The zero-order valence-electron chi connectivity index (χ0n) is 31.1. The van der Waals surface area contributed by atoms with Crippen molar-refractivity contribution in [3.05, 3.63) is 57.6 Å². The first-order valence-corrected chi connectivity index (χ1v) is 19.0. The van der Waals surface area contributed by atoms with E-state index >= 15 is 0 Å². The van der Waals surface area contributed by atoms with Crippen LogP contribution in [0.5, 0.6) is 11.5 Å². The molecule has 0 spiro atoms. The van der Waals surface area contributed by atoms with Gasteiger partial charge in [-0.2, -0.15) is 0 Å². The van der Waals surface area contributed by atoms with E-state index in [2.05, 4.69) is 120 Å². The van der Waals surface area contributed by atoms with Gasteiger partial charge in [-0.05, 0) is 67.9 Å². The number of ether oxygens (including phenoxy) is 2. The minimum absolute atomic E-state index is 0.213. The number of rotatable bonds is 10. The summed E-state index contributed by atoms with van der Waals surface area (Å²) in [4.78, 5) is 24.0. The molecule has 0 aliphatic rings. The van der Waals surface area contributed by atoms with Gasteiger partial charge in [0.1, 0.15) is 11.5 Å². The largest absolute Gasteiger partial charge is 0.512 e. The molecular formula is C38H60O6Si. The lowest BCUT2D eigenvalue weighted by molar-refractivity contribution is -0.141. The molecule has 0 aromatic heterocycles. The first kappa shape index (κ1) is 38.4. The molecule has 0 amide bonds. The Balaban J connectivity index is 2.76. The fraction of sp³-hybridized carbons (Fsp3) is 0.632. The second-order valence-corrected chi connectivity index (χ2v) is 20.0. The predicted molar refractivity (Wildman–Crippen MR) is 187 cm³/mol. The van der Waals surface area contributed by atoms with Crippen LogP contribution in [0.15, 0.2) is 24.3 Å². The lowest BCUT2D eigenvalue weighted by atomic mass is 9.78. The van der Waals surface area contributed by atoms with Gasteiger partial charge in [0.05, 0.1) is 14.2 Å². The second-order valence-electron chi connectivity index (χ2n) is 16.8. The van der Waals surface area contributed by atoms with E-state index in [0.29, 0.717) is 25.7 Å². The summed E-state index contributed by atoms with van der Waals surface area (Å²) < 4.78 is 24.1. The topological polar surface area (TPSA) is 71.1 Å². The molecule has 252 valence electrons. The van der Waals surface area contributed by atoms with E-state index in [9.17, 15) is 9.59 Å². The molecule has 0 aliphatic carbocycles. The van der Waals surface area contributed by atoms with Gasteiger partial charge < -0.3 is 18.3 Å². The molecule has 45 heavy (non-hydrogen) atoms. The van der Waals surface area contributed by atoms with E-state index < -0.39 is 8.56 Å². The van der Waals surface area contributed by atoms with E-state index in [1.807, 2.05) is 0 Å². The van der Waals surface area contributed by atoms with Crippen LogP contribution >= 0.6 is 0 Å². The molecular weight excluding hydrogens is 580 g/mol. The van der Waals surface area contributed by atoms with Crippen LogP contribution in [0.3, 0.4) is 0 Å². The van der Waals surface area contributed by atoms with Crippen molar-refractivity contribution in [1.82, 2.24) is 0 Å². The summed E-state index contributed by atoms with van der Waals surface area (Å²) in [5.74, 6) is 1.32. The van der Waals surface area contributed by atoms with E-state index in [-0.39, 0.29) is 33.6 Å². The number of hydrogen-bond donors (Lipinski definition) is 0. The molecule has 6 nitrogen and oxygen atoms in total. The van der Waals surface area contributed by atoms with Crippen LogP contribution in [0.2, 0.25) is 13.1 Å². The van der Waals surface area contributed by atoms with Crippen LogP contribution in [0.25, 0.3) is 0 Å². The first-order valence-electron chi connectivity index (χ1n) is 16.2. The van der Waals surface area contributed by atoms with Crippen molar-refractivity contribution < 1.29 is 27.9 Å². The summed E-state index contributed by atoms with van der Waals surface area (Å²) in [6, 6.07) is 8.76. The molecule has 0 saturated heterocycles. The summed E-state index contributed by atoms with van der Waals surface area (Å²) in [5, 5.41) is 0. The third-order valence-corrected chi connectivity index (χ3v) is 9.31. The predicted octanol–water partition coefficient (Wildman–Crippen LogP) is 9.25. The number of benzene rings is 2. The number of esters is 2. The third kappa shape index (κ3) is 10.6. The maximum atomic E-state index is 12.0. The molecule has 0 heterocycles. The Kier molecular flexibility index (Phi) is 11.9. The fourth-order valence-corrected chi connectivity index (χ4v) is 6.79. The van der Waals surface area contributed by atoms with Crippen molar-refractivity contribution in [2.75, 3.05) is 14.2 Å². The van der Waals surface area contributed by atoms with E-state index in [1.165, 1.54) is 14.2 Å². The average Bonchev–Trinajstić information content (AvgIpc) is 2.88. The highest BCUT2D eigenvalue weighted by molar-refractivity contribution is 6.66. The van der Waals surface area contributed by atoms with Crippen LogP contribution in [-0.4, -0.2) is 34.7 Å². The first-order chi connectivity index (χ1) is 20.3. The Hall–Kier alpha value is -2.80. The zero-order valence-corrected chi connectivity index (χ0v) is 32.1. The van der Waals surface area contributed by atoms with Crippen molar-refractivity contribution in [2.45, 2.75) is 144 Å². The Labute approximate surface area is 274 Å². The van der Waals surface area contributed by atoms with Gasteiger partial charge in [0.2, 0.25) is 0 Å². The molecule has 7 heteroatoms. The number of aryl methyl sites for hydroxylation is 2. The maximum Gasteiger partial charge on any atom is 0.454 e. The lowest BCUT2D eigenvalue weighted by Gasteiger charge is -2.37. The van der Waals surface area contributed by atoms with Crippen LogP contribution in [0.4, 0.5) is 0 Å². The normalized spacial score (nSPS) is 13.0. The number of methoxy groups -OCH3 is 2. The fourth-order valence-electron chi connectivity index (χ4n) is 5.32. The Morgan fingerprint density at radius 1 is 0.533 bits per heavy atom. The second kappa shape index (κ2) is 13.9. The highest BCUT2D eigenvalue weighted by Crippen LogP contribution is 2.45. The molecule has 0 N–H and O–H groups in total. The Morgan fingerprint density at radius 3 is 0.978 bits per heavy atom. The smallest absolute Gasteiger partial charge is 0.454 e. The molecule has 0 saturated carbocycles. The maximum absolute atomic E-state index is 12.0. The van der Waals surface area contributed by atoms with Gasteiger partial charge in [-0.3, -0.25) is 9.59 Å². The van der Waals surface area contributed by atoms with Crippen molar-refractivity contribution in [3.8, 4) is 11.5 Å². The molecule has 2 aromatic rings. The molecule has 2 aromatic carbocycles. The summed E-state index contributed by atoms with van der Waals surface area (Å²) in [7, 11) is -0.0335. The van der Waals surface area contributed by atoms with Gasteiger partial charge in [0.15, 0.2) is 0 Å². The van der Waals surface area contributed by atoms with Crippen LogP contribution < -0.4 is 8.85 Å². The highest BCUT2D eigenvalue weighted by atomic mass is 28.4. The zero-order chi connectivity index (χ0) is 34.8. The number of hydrogen-bond acceptors (Lipinski definition) is 6. The molecule has 0 fully saturated rings. The highest BCUT2D eigenvalue weighted by Gasteiger charge is 2.38. The Morgan fingerprint density at radius 2 is 0.778 bits per heavy atom. The molecule has 0 unspecified atom stereocenters. The minimum atomic E-state index is -2.89. The third-order valence-electron chi connectivity index (χ3n) is 7.92. The molecule has 2 rings (SSSR count). The molecule has 0 atom stereocenters. The van der Waals surface area contributed by atoms with Crippen molar-refractivity contribution in [1.29, 1.82) is 0 Å². The van der Waals surface area contributed by atoms with E-state index in [0.717, 1.165) is 44.9 Å². The average molecular weight is 641 g/mol. The summed E-state index contributed by atoms with van der Waals surface area (Å²) in [5.41, 5.74) is 5.74. The van der Waals surface area contributed by atoms with Gasteiger partial charge in [0, 0.05) is 25.9 Å². The van der Waals surface area contributed by atoms with Gasteiger partial charge in [-0.1, -0.05) is 107 Å². The standard InChI is InChI=1S/C38H60O6Si/c1-35(2,3)27-21-25(17-19-31(39)41-13)22-28(36(4,5)6)33(27)43-45(15,16)44-34-29(37(7,8)9)23-26(18-20-32(40)42-14)24-30(34)38(10,11)12/h21-24H,17-20H2,1-16H3. The van der Waals surface area contributed by atoms with E-state index in [4.69, 9.17) is 18.3 Å². The minimum Gasteiger partial charge on any atom is -0.512 e. The van der Waals surface area contributed by atoms with Gasteiger partial charge in [-0.25, -0.2) is 0 Å². The van der Waals surface area contributed by atoms with Crippen LogP contribution in [0, 0.1) is 0 Å². The quantitative estimate of drug-likeness (QED) is 0.190. The summed E-state index contributed by atoms with van der Waals surface area (Å²) in [6.07, 6.45) is 1.85. The lowest BCUT2D eigenvalue weighted by Crippen LogP contribution is -2.44. The van der Waals surface area contributed by atoms with Gasteiger partial charge in [-0.15, -0.1) is 0 Å². The summed E-state index contributed by atoms with van der Waals surface area (Å²) >= 11 is 0. The van der Waals surface area contributed by atoms with Gasteiger partial charge in [0.25, 0.3) is 0 Å². The number of carbonyl (C=O) groups is 2. The van der Waals surface area contributed by atoms with Crippen LogP contribution in [-0.2, 0) is 53.6 Å². The van der Waals surface area contributed by atoms with Crippen LogP contribution in [0.1, 0.15) is 129 Å². The Bertz CT molecular complexity index is 1190. The van der Waals surface area contributed by atoms with Crippen molar-refractivity contribution in [2.24, 2.45) is 0 Å². The summed E-state index contributed by atoms with van der Waals surface area (Å²) in [6.45, 7) is 30.6. The molecule has 0 aliphatic heterocycles. The van der Waals surface area contributed by atoms with Crippen molar-refractivity contribution in [3.63, 3.8) is 0 Å². The van der Waals surface area contributed by atoms with E-state index in [1.54, 1.807) is 0 Å². The SMILES string of the molecule is COC(=O)CCc1cc(C(C)(C)C)c(O[Si](C)(C)Oc2c(C(C)(C)C)cc(CCC(=O)OC)cc2C(C)(C)C)c(C(C)(C)C)c1. The molecule has 0 bridgehead atoms. The van der Waals surface area contributed by atoms with Crippen molar-refractivity contribution >= 4 is 20.5 Å². The number of carbonyl (C=O) groups excluding carboxylic acids is 2. The monoisotopic (exact) mass is 640 g/mol.